The molecule has 0 radical (unpaired) electrons. The molecule has 0 amide bonds. The first-order valence-electron chi connectivity index (χ1n) is 6.32. The molecule has 120 valence electrons. The number of methoxy groups -OCH3 is 1. The smallest absolute Gasteiger partial charge is 0.280 e. The number of alkyl halides is 1. The van der Waals surface area contributed by atoms with Crippen molar-refractivity contribution in [2.75, 3.05) is 19.5 Å². The Morgan fingerprint density at radius 3 is 3.00 bits per heavy atom. The summed E-state index contributed by atoms with van der Waals surface area (Å²) < 4.78 is 25.7. The Kier molecular flexibility index (Phi) is 3.36. The molecule has 11 heteroatoms. The maximum atomic E-state index is 14.4. The van der Waals surface area contributed by atoms with Crippen molar-refractivity contribution < 1.29 is 24.1 Å². The number of fused-ring (bicyclic) bond motifs is 1. The molecule has 1 fully saturated rings. The highest BCUT2D eigenvalue weighted by atomic mass is 19.1. The van der Waals surface area contributed by atoms with Crippen molar-refractivity contribution >= 4 is 17.1 Å². The molecule has 2 aromatic rings. The second-order valence-corrected chi connectivity index (χ2v) is 4.85. The molecule has 0 bridgehead atoms. The number of nitrogens with zero attached hydrogens (tertiary/aromatic N) is 3. The maximum Gasteiger partial charge on any atom is 0.280 e. The van der Waals surface area contributed by atoms with E-state index in [4.69, 9.17) is 15.2 Å². The van der Waals surface area contributed by atoms with Gasteiger partial charge in [-0.15, -0.1) is 0 Å². The van der Waals surface area contributed by atoms with Crippen LogP contribution in [0.5, 0.6) is 0 Å². The predicted molar refractivity (Wildman–Crippen MR) is 70.4 cm³/mol. The van der Waals surface area contributed by atoms with Crippen molar-refractivity contribution in [3.63, 3.8) is 0 Å². The summed E-state index contributed by atoms with van der Waals surface area (Å²) in [5, 5.41) is 19.3. The van der Waals surface area contributed by atoms with E-state index in [2.05, 4.69) is 15.0 Å². The number of hydrogen-bond acceptors (Lipinski definition) is 8. The van der Waals surface area contributed by atoms with Gasteiger partial charge in [0.25, 0.3) is 5.56 Å². The summed E-state index contributed by atoms with van der Waals surface area (Å²) in [6, 6.07) is 0. The van der Waals surface area contributed by atoms with E-state index in [1.807, 2.05) is 0 Å². The highest BCUT2D eigenvalue weighted by molar-refractivity contribution is 5.70. The zero-order valence-electron chi connectivity index (χ0n) is 11.4. The van der Waals surface area contributed by atoms with E-state index in [9.17, 15) is 19.4 Å². The number of halogens is 1. The third-order valence-electron chi connectivity index (χ3n) is 3.64. The largest absolute Gasteiger partial charge is 0.391 e. The van der Waals surface area contributed by atoms with Gasteiger partial charge >= 0.3 is 0 Å². The van der Waals surface area contributed by atoms with Gasteiger partial charge in [0.1, 0.15) is 12.7 Å². The van der Waals surface area contributed by atoms with Gasteiger partial charge in [0.05, 0.1) is 6.33 Å². The van der Waals surface area contributed by atoms with Crippen LogP contribution in [0.15, 0.2) is 11.1 Å². The van der Waals surface area contributed by atoms with E-state index in [0.29, 0.717) is 0 Å². The second-order valence-electron chi connectivity index (χ2n) is 4.85. The molecule has 5 N–H and O–H groups in total. The van der Waals surface area contributed by atoms with Gasteiger partial charge in [0.15, 0.2) is 23.6 Å². The average molecular weight is 315 g/mol. The molecule has 3 rings (SSSR count). The molecule has 3 heterocycles. The predicted octanol–water partition coefficient (Wildman–Crippen LogP) is -1.74. The van der Waals surface area contributed by atoms with Crippen LogP contribution < -0.4 is 11.3 Å². The maximum absolute atomic E-state index is 14.4. The lowest BCUT2D eigenvalue weighted by molar-refractivity contribution is -0.269. The Labute approximate surface area is 122 Å². The van der Waals surface area contributed by atoms with Crippen LogP contribution in [-0.2, 0) is 9.47 Å². The minimum absolute atomic E-state index is 0.00839. The third kappa shape index (κ3) is 1.90. The van der Waals surface area contributed by atoms with Crippen molar-refractivity contribution in [2.45, 2.75) is 24.3 Å². The van der Waals surface area contributed by atoms with Gasteiger partial charge in [0, 0.05) is 7.11 Å². The highest BCUT2D eigenvalue weighted by Gasteiger charge is 2.56. The second kappa shape index (κ2) is 4.98. The number of H-pyrrole nitrogens is 1. The summed E-state index contributed by atoms with van der Waals surface area (Å²) in [4.78, 5) is 21.7. The van der Waals surface area contributed by atoms with Gasteiger partial charge in [-0.1, -0.05) is 0 Å². The molecule has 2 aromatic heterocycles. The van der Waals surface area contributed by atoms with Crippen LogP contribution in [0, 0.1) is 0 Å². The summed E-state index contributed by atoms with van der Waals surface area (Å²) in [6.45, 7) is -0.760. The fourth-order valence-corrected chi connectivity index (χ4v) is 2.44. The Morgan fingerprint density at radius 2 is 2.41 bits per heavy atom. The van der Waals surface area contributed by atoms with Crippen molar-refractivity contribution in [1.29, 1.82) is 0 Å². The monoisotopic (exact) mass is 315 g/mol. The molecule has 0 unspecified atom stereocenters. The standard InChI is InChI=1S/C11H14FN5O5/c1-21-11(2-18)6(19)4(12)9(22-11)17-3-14-5-7(17)15-10(13)16-8(5)20/h3-4,6,9,18-19H,2H2,1H3,(H3,13,15,16,20)/t4-,6+,9-,11-/m1/s1. The molecule has 0 spiro atoms. The van der Waals surface area contributed by atoms with Crippen LogP contribution in [0.3, 0.4) is 0 Å². The van der Waals surface area contributed by atoms with Gasteiger partial charge in [-0.05, 0) is 0 Å². The summed E-state index contributed by atoms with van der Waals surface area (Å²) in [6.07, 6.45) is -3.92. The summed E-state index contributed by atoms with van der Waals surface area (Å²) in [5.41, 5.74) is 4.81. The molecule has 0 aliphatic carbocycles. The molecule has 1 aliphatic heterocycles. The molecular formula is C11H14FN5O5. The lowest BCUT2D eigenvalue weighted by atomic mass is 10.1. The third-order valence-corrected chi connectivity index (χ3v) is 3.64. The number of nitrogens with two attached hydrogens (primary N) is 1. The number of aromatic amines is 1. The molecule has 4 atom stereocenters. The number of rotatable bonds is 3. The zero-order chi connectivity index (χ0) is 16.1. The Hall–Kier alpha value is -2.08. The molecule has 0 saturated carbocycles. The number of hydrogen-bond donors (Lipinski definition) is 4. The molecule has 10 nitrogen and oxygen atoms in total. The molecule has 0 aromatic carbocycles. The quantitative estimate of drug-likeness (QED) is 0.522. The van der Waals surface area contributed by atoms with E-state index in [1.54, 1.807) is 0 Å². The van der Waals surface area contributed by atoms with Gasteiger partial charge in [-0.25, -0.2) is 9.37 Å². The fraction of sp³-hybridized carbons (Fsp3) is 0.545. The van der Waals surface area contributed by atoms with Crippen LogP contribution in [0.25, 0.3) is 11.2 Å². The van der Waals surface area contributed by atoms with Gasteiger partial charge in [-0.2, -0.15) is 4.98 Å². The van der Waals surface area contributed by atoms with E-state index in [1.165, 1.54) is 7.11 Å². The fourth-order valence-electron chi connectivity index (χ4n) is 2.44. The van der Waals surface area contributed by atoms with E-state index in [-0.39, 0.29) is 17.1 Å². The van der Waals surface area contributed by atoms with E-state index < -0.39 is 36.5 Å². The first kappa shape index (κ1) is 14.8. The van der Waals surface area contributed by atoms with Gasteiger partial charge in [-0.3, -0.25) is 14.3 Å². The number of nitrogen functional groups attached to an aromatic ring is 1. The van der Waals surface area contributed by atoms with Gasteiger partial charge in [0.2, 0.25) is 11.7 Å². The molecule has 22 heavy (non-hydrogen) atoms. The summed E-state index contributed by atoms with van der Waals surface area (Å²) in [7, 11) is 1.17. The van der Waals surface area contributed by atoms with Crippen LogP contribution >= 0.6 is 0 Å². The molecular weight excluding hydrogens is 301 g/mol. The average Bonchev–Trinajstić information content (AvgIpc) is 3.01. The first-order chi connectivity index (χ1) is 10.4. The van der Waals surface area contributed by atoms with Crippen molar-refractivity contribution in [1.82, 2.24) is 19.5 Å². The summed E-state index contributed by atoms with van der Waals surface area (Å²) >= 11 is 0. The Morgan fingerprint density at radius 1 is 1.68 bits per heavy atom. The highest BCUT2D eigenvalue weighted by Crippen LogP contribution is 2.40. The zero-order valence-corrected chi connectivity index (χ0v) is 11.4. The number of anilines is 1. The van der Waals surface area contributed by atoms with E-state index in [0.717, 1.165) is 10.9 Å². The molecule has 1 saturated heterocycles. The van der Waals surface area contributed by atoms with Crippen molar-refractivity contribution in [3.8, 4) is 0 Å². The number of ether oxygens (including phenoxy) is 2. The van der Waals surface area contributed by atoms with Crippen LogP contribution in [0.4, 0.5) is 10.3 Å². The van der Waals surface area contributed by atoms with Crippen LogP contribution in [0.1, 0.15) is 6.23 Å². The minimum Gasteiger partial charge on any atom is -0.391 e. The topological polar surface area (TPSA) is 149 Å². The number of aliphatic hydroxyl groups excluding tert-OH is 2. The molecule has 1 aliphatic rings. The van der Waals surface area contributed by atoms with Crippen LogP contribution in [-0.4, -0.2) is 61.5 Å². The van der Waals surface area contributed by atoms with E-state index >= 15 is 0 Å². The normalized spacial score (nSPS) is 31.9. The van der Waals surface area contributed by atoms with Crippen molar-refractivity contribution in [2.24, 2.45) is 0 Å². The minimum atomic E-state index is -1.94. The first-order valence-corrected chi connectivity index (χ1v) is 6.32. The van der Waals surface area contributed by atoms with Crippen LogP contribution in [0.2, 0.25) is 0 Å². The number of nitrogens with one attached hydrogen (secondary N) is 1. The SMILES string of the molecule is CO[C@]1(CO)O[C@@H](n2cnc3c(=O)[nH]c(N)nc32)[C@H](F)[C@@H]1O. The lowest BCUT2D eigenvalue weighted by Crippen LogP contribution is -2.47. The van der Waals surface area contributed by atoms with Gasteiger partial charge < -0.3 is 25.4 Å². The number of imidazole rings is 1. The van der Waals surface area contributed by atoms with Crippen molar-refractivity contribution in [3.05, 3.63) is 16.7 Å². The number of aliphatic hydroxyl groups is 2. The Bertz CT molecular complexity index is 757. The lowest BCUT2D eigenvalue weighted by Gasteiger charge is -2.27. The summed E-state index contributed by atoms with van der Waals surface area (Å²) in [5.74, 6) is -2.08. The Balaban J connectivity index is 2.11. The number of aromatic nitrogens is 4.